The van der Waals surface area contributed by atoms with Gasteiger partial charge in [0.2, 0.25) is 0 Å². The van der Waals surface area contributed by atoms with Crippen LogP contribution < -0.4 is 5.32 Å². The first-order valence-corrected chi connectivity index (χ1v) is 7.42. The molecule has 6 heteroatoms. The van der Waals surface area contributed by atoms with E-state index in [2.05, 4.69) is 27.3 Å². The third-order valence-electron chi connectivity index (χ3n) is 3.92. The normalized spacial score (nSPS) is 19.2. The molecule has 0 radical (unpaired) electrons. The van der Waals surface area contributed by atoms with Gasteiger partial charge in [-0.1, -0.05) is 18.5 Å². The van der Waals surface area contributed by atoms with E-state index in [9.17, 15) is 0 Å². The number of methoxy groups -OCH3 is 1. The molecule has 1 aromatic heterocycles. The minimum atomic E-state index is -0.536. The quantitative estimate of drug-likeness (QED) is 0.857. The lowest BCUT2D eigenvalue weighted by molar-refractivity contribution is -0.00787. The summed E-state index contributed by atoms with van der Waals surface area (Å²) in [5.74, 6) is 1.33. The van der Waals surface area contributed by atoms with E-state index >= 15 is 0 Å². The molecular formula is C14H26N4O2. The molecule has 1 N–H and O–H groups in total. The molecule has 6 nitrogen and oxygen atoms in total. The topological polar surface area (TPSA) is 63.4 Å². The molecule has 0 bridgehead atoms. The first-order chi connectivity index (χ1) is 9.58. The van der Waals surface area contributed by atoms with Crippen LogP contribution in [0.2, 0.25) is 0 Å². The van der Waals surface area contributed by atoms with E-state index < -0.39 is 5.60 Å². The second kappa shape index (κ2) is 6.65. The highest BCUT2D eigenvalue weighted by Gasteiger charge is 2.31. The summed E-state index contributed by atoms with van der Waals surface area (Å²) in [5.41, 5.74) is -0.536. The summed E-state index contributed by atoms with van der Waals surface area (Å²) in [6.07, 6.45) is 2.15. The Labute approximate surface area is 120 Å². The van der Waals surface area contributed by atoms with E-state index in [0.29, 0.717) is 5.89 Å². The molecular weight excluding hydrogens is 256 g/mol. The third-order valence-corrected chi connectivity index (χ3v) is 3.92. The third kappa shape index (κ3) is 3.37. The SMILES string of the molecule is CCCC(c1noc(C(C)(C)OC)n1)N1CCNCC1. The van der Waals surface area contributed by atoms with Crippen LogP contribution in [0, 0.1) is 0 Å². The van der Waals surface area contributed by atoms with Crippen LogP contribution in [-0.2, 0) is 10.3 Å². The highest BCUT2D eigenvalue weighted by atomic mass is 16.5. The van der Waals surface area contributed by atoms with Crippen LogP contribution in [0.4, 0.5) is 0 Å². The van der Waals surface area contributed by atoms with E-state index in [1.165, 1.54) is 0 Å². The van der Waals surface area contributed by atoms with Gasteiger partial charge in [0.1, 0.15) is 5.60 Å². The van der Waals surface area contributed by atoms with Crippen molar-refractivity contribution in [3.8, 4) is 0 Å². The molecule has 1 aromatic rings. The largest absolute Gasteiger partial charge is 0.369 e. The smallest absolute Gasteiger partial charge is 0.258 e. The number of nitrogens with one attached hydrogen (secondary N) is 1. The van der Waals surface area contributed by atoms with Crippen LogP contribution in [0.1, 0.15) is 51.4 Å². The summed E-state index contributed by atoms with van der Waals surface area (Å²) >= 11 is 0. The van der Waals surface area contributed by atoms with Gasteiger partial charge in [0.05, 0.1) is 6.04 Å². The number of aromatic nitrogens is 2. The molecule has 2 heterocycles. The Morgan fingerprint density at radius 2 is 2.10 bits per heavy atom. The fourth-order valence-corrected chi connectivity index (χ4v) is 2.44. The van der Waals surface area contributed by atoms with E-state index in [1.54, 1.807) is 7.11 Å². The molecule has 1 unspecified atom stereocenters. The van der Waals surface area contributed by atoms with E-state index in [0.717, 1.165) is 44.8 Å². The minimum Gasteiger partial charge on any atom is -0.369 e. The van der Waals surface area contributed by atoms with Crippen molar-refractivity contribution in [3.63, 3.8) is 0 Å². The number of nitrogens with zero attached hydrogens (tertiary/aromatic N) is 3. The second-order valence-corrected chi connectivity index (χ2v) is 5.76. The highest BCUT2D eigenvalue weighted by molar-refractivity contribution is 5.00. The van der Waals surface area contributed by atoms with Crippen molar-refractivity contribution < 1.29 is 9.26 Å². The molecule has 1 aliphatic heterocycles. The predicted molar refractivity (Wildman–Crippen MR) is 76.4 cm³/mol. The second-order valence-electron chi connectivity index (χ2n) is 5.76. The van der Waals surface area contributed by atoms with Crippen molar-refractivity contribution in [2.75, 3.05) is 33.3 Å². The standard InChI is InChI=1S/C14H26N4O2/c1-5-6-11(18-9-7-15-8-10-18)12-16-13(20-17-12)14(2,3)19-4/h11,15H,5-10H2,1-4H3. The summed E-state index contributed by atoms with van der Waals surface area (Å²) in [4.78, 5) is 7.02. The van der Waals surface area contributed by atoms with E-state index in [1.807, 2.05) is 13.8 Å². The lowest BCUT2D eigenvalue weighted by Crippen LogP contribution is -2.45. The molecule has 0 amide bonds. The first-order valence-electron chi connectivity index (χ1n) is 7.42. The van der Waals surface area contributed by atoms with Gasteiger partial charge in [-0.2, -0.15) is 4.98 Å². The minimum absolute atomic E-state index is 0.243. The van der Waals surface area contributed by atoms with Crippen LogP contribution in [-0.4, -0.2) is 48.3 Å². The Morgan fingerprint density at radius 3 is 2.70 bits per heavy atom. The van der Waals surface area contributed by atoms with Gasteiger partial charge in [0, 0.05) is 33.3 Å². The van der Waals surface area contributed by atoms with Crippen LogP contribution in [0.25, 0.3) is 0 Å². The molecule has 0 aromatic carbocycles. The maximum absolute atomic E-state index is 5.41. The van der Waals surface area contributed by atoms with Crippen molar-refractivity contribution in [2.45, 2.75) is 45.3 Å². The number of rotatable bonds is 6. The molecule has 1 aliphatic rings. The summed E-state index contributed by atoms with van der Waals surface area (Å²) < 4.78 is 10.8. The van der Waals surface area contributed by atoms with Crippen molar-refractivity contribution in [1.29, 1.82) is 0 Å². The van der Waals surface area contributed by atoms with Gasteiger partial charge in [-0.15, -0.1) is 0 Å². The molecule has 1 saturated heterocycles. The molecule has 20 heavy (non-hydrogen) atoms. The van der Waals surface area contributed by atoms with Crippen LogP contribution in [0.15, 0.2) is 4.52 Å². The zero-order valence-corrected chi connectivity index (χ0v) is 13.0. The fourth-order valence-electron chi connectivity index (χ4n) is 2.44. The summed E-state index contributed by atoms with van der Waals surface area (Å²) in [6, 6.07) is 0.243. The van der Waals surface area contributed by atoms with Gasteiger partial charge in [-0.25, -0.2) is 0 Å². The van der Waals surface area contributed by atoms with Gasteiger partial charge in [0.15, 0.2) is 5.82 Å². The summed E-state index contributed by atoms with van der Waals surface area (Å²) in [7, 11) is 1.66. The molecule has 0 spiro atoms. The Bertz CT molecular complexity index is 413. The number of piperazine rings is 1. The average Bonchev–Trinajstić information content (AvgIpc) is 2.96. The maximum atomic E-state index is 5.41. The number of ether oxygens (including phenoxy) is 1. The zero-order chi connectivity index (χ0) is 14.6. The summed E-state index contributed by atoms with van der Waals surface area (Å²) in [6.45, 7) is 10.2. The predicted octanol–water partition coefficient (Wildman–Crippen LogP) is 1.70. The maximum Gasteiger partial charge on any atom is 0.258 e. The molecule has 1 fully saturated rings. The Morgan fingerprint density at radius 1 is 1.40 bits per heavy atom. The Kier molecular flexibility index (Phi) is 5.12. The monoisotopic (exact) mass is 282 g/mol. The highest BCUT2D eigenvalue weighted by Crippen LogP contribution is 2.27. The van der Waals surface area contributed by atoms with Gasteiger partial charge in [-0.3, -0.25) is 4.90 Å². The molecule has 0 saturated carbocycles. The van der Waals surface area contributed by atoms with Gasteiger partial charge >= 0.3 is 0 Å². The van der Waals surface area contributed by atoms with Crippen molar-refractivity contribution in [2.24, 2.45) is 0 Å². The van der Waals surface area contributed by atoms with E-state index in [-0.39, 0.29) is 6.04 Å². The van der Waals surface area contributed by atoms with Gasteiger partial charge < -0.3 is 14.6 Å². The summed E-state index contributed by atoms with van der Waals surface area (Å²) in [5, 5.41) is 7.57. The van der Waals surface area contributed by atoms with Gasteiger partial charge in [-0.05, 0) is 20.3 Å². The molecule has 0 aliphatic carbocycles. The number of hydrogen-bond donors (Lipinski definition) is 1. The zero-order valence-electron chi connectivity index (χ0n) is 13.0. The average molecular weight is 282 g/mol. The first kappa shape index (κ1) is 15.4. The van der Waals surface area contributed by atoms with Gasteiger partial charge in [0.25, 0.3) is 5.89 Å². The molecule has 2 rings (SSSR count). The van der Waals surface area contributed by atoms with E-state index in [4.69, 9.17) is 9.26 Å². The lowest BCUT2D eigenvalue weighted by atomic mass is 10.1. The van der Waals surface area contributed by atoms with Crippen LogP contribution in [0.3, 0.4) is 0 Å². The lowest BCUT2D eigenvalue weighted by Gasteiger charge is -2.33. The van der Waals surface area contributed by atoms with Crippen molar-refractivity contribution in [1.82, 2.24) is 20.4 Å². The Balaban J connectivity index is 2.17. The van der Waals surface area contributed by atoms with Crippen molar-refractivity contribution >= 4 is 0 Å². The number of hydrogen-bond acceptors (Lipinski definition) is 6. The Hall–Kier alpha value is -0.980. The molecule has 1 atom stereocenters. The molecule has 114 valence electrons. The fraction of sp³-hybridized carbons (Fsp3) is 0.857. The van der Waals surface area contributed by atoms with Crippen LogP contribution in [0.5, 0.6) is 0 Å². The van der Waals surface area contributed by atoms with Crippen molar-refractivity contribution in [3.05, 3.63) is 11.7 Å². The van der Waals surface area contributed by atoms with Crippen LogP contribution >= 0.6 is 0 Å².